The van der Waals surface area contributed by atoms with Gasteiger partial charge in [0.1, 0.15) is 0 Å². The summed E-state index contributed by atoms with van der Waals surface area (Å²) in [4.78, 5) is 4.19. The third-order valence-electron chi connectivity index (χ3n) is 4.50. The fraction of sp³-hybridized carbons (Fsp3) is 0.174. The lowest BCUT2D eigenvalue weighted by atomic mass is 10.2. The number of pyridine rings is 1. The highest BCUT2D eigenvalue weighted by atomic mass is 35.5. The molecule has 0 saturated carbocycles. The van der Waals surface area contributed by atoms with E-state index in [1.807, 2.05) is 71.3 Å². The molecule has 8 heteroatoms. The maximum atomic E-state index is 10.4. The van der Waals surface area contributed by atoms with Crippen LogP contribution in [0.3, 0.4) is 0 Å². The zero-order valence-electron chi connectivity index (χ0n) is 16.6. The summed E-state index contributed by atoms with van der Waals surface area (Å²) in [6.07, 6.45) is 2.83. The average Bonchev–Trinajstić information content (AvgIpc) is 3.24. The Morgan fingerprint density at radius 1 is 1.00 bits per heavy atom. The summed E-state index contributed by atoms with van der Waals surface area (Å²) < 4.78 is 7.61. The van der Waals surface area contributed by atoms with Gasteiger partial charge in [-0.3, -0.25) is 9.55 Å². The van der Waals surface area contributed by atoms with Gasteiger partial charge in [0, 0.05) is 34.4 Å². The first-order chi connectivity index (χ1) is 15.2. The van der Waals surface area contributed by atoms with E-state index in [-0.39, 0.29) is 6.61 Å². The summed E-state index contributed by atoms with van der Waals surface area (Å²) in [5.74, 6) is 1.12. The van der Waals surface area contributed by atoms with Crippen molar-refractivity contribution in [2.24, 2.45) is 0 Å². The number of hydrogen-bond acceptors (Lipinski definition) is 6. The van der Waals surface area contributed by atoms with Crippen LogP contribution in [-0.2, 0) is 11.3 Å². The van der Waals surface area contributed by atoms with E-state index in [1.165, 1.54) is 11.8 Å². The number of halogens is 1. The van der Waals surface area contributed by atoms with Gasteiger partial charge in [0.05, 0.1) is 19.3 Å². The molecule has 0 saturated heterocycles. The van der Waals surface area contributed by atoms with Crippen LogP contribution in [0.25, 0.3) is 17.1 Å². The molecule has 0 aliphatic carbocycles. The van der Waals surface area contributed by atoms with E-state index in [1.54, 1.807) is 12.4 Å². The van der Waals surface area contributed by atoms with Gasteiger partial charge in [-0.15, -0.1) is 10.2 Å². The molecule has 0 radical (unpaired) electrons. The van der Waals surface area contributed by atoms with E-state index >= 15 is 0 Å². The minimum absolute atomic E-state index is 0.202. The van der Waals surface area contributed by atoms with Gasteiger partial charge in [-0.1, -0.05) is 59.8 Å². The maximum absolute atomic E-state index is 10.4. The van der Waals surface area contributed by atoms with Crippen LogP contribution in [0.2, 0.25) is 5.02 Å². The van der Waals surface area contributed by atoms with Crippen molar-refractivity contribution in [3.05, 3.63) is 89.7 Å². The molecule has 0 aliphatic rings. The smallest absolute Gasteiger partial charge is 0.196 e. The SMILES string of the molecule is OC(COCc1ccccc1Cl)CSc1nnc(-c2cccnc2)n1-c1ccccc1. The van der Waals surface area contributed by atoms with Crippen molar-refractivity contribution < 1.29 is 9.84 Å². The molecule has 2 heterocycles. The molecule has 0 aliphatic heterocycles. The molecule has 4 aromatic rings. The number of thioether (sulfide) groups is 1. The minimum Gasteiger partial charge on any atom is -0.390 e. The Morgan fingerprint density at radius 2 is 1.81 bits per heavy atom. The number of hydrogen-bond donors (Lipinski definition) is 1. The van der Waals surface area contributed by atoms with Gasteiger partial charge in [-0.05, 0) is 35.9 Å². The summed E-state index contributed by atoms with van der Waals surface area (Å²) in [7, 11) is 0. The second kappa shape index (κ2) is 10.5. The molecule has 31 heavy (non-hydrogen) atoms. The Morgan fingerprint density at radius 3 is 2.58 bits per heavy atom. The number of rotatable bonds is 9. The van der Waals surface area contributed by atoms with Crippen LogP contribution in [0.1, 0.15) is 5.56 Å². The van der Waals surface area contributed by atoms with Gasteiger partial charge in [0.25, 0.3) is 0 Å². The highest BCUT2D eigenvalue weighted by Gasteiger charge is 2.17. The molecule has 1 unspecified atom stereocenters. The van der Waals surface area contributed by atoms with Crippen molar-refractivity contribution in [1.29, 1.82) is 0 Å². The lowest BCUT2D eigenvalue weighted by Gasteiger charge is -2.13. The average molecular weight is 453 g/mol. The summed E-state index contributed by atoms with van der Waals surface area (Å²) in [5.41, 5.74) is 2.71. The van der Waals surface area contributed by atoms with E-state index in [0.29, 0.717) is 28.4 Å². The van der Waals surface area contributed by atoms with E-state index < -0.39 is 6.10 Å². The predicted molar refractivity (Wildman–Crippen MR) is 122 cm³/mol. The standard InChI is InChI=1S/C23H21ClN4O2S/c24-21-11-5-4-7-18(21)14-30-15-20(29)16-31-23-27-26-22(17-8-6-12-25-13-17)28(23)19-9-2-1-3-10-19/h1-13,20,29H,14-16H2. The lowest BCUT2D eigenvalue weighted by molar-refractivity contribution is 0.0398. The molecule has 158 valence electrons. The molecule has 6 nitrogen and oxygen atoms in total. The minimum atomic E-state index is -0.657. The van der Waals surface area contributed by atoms with Crippen molar-refractivity contribution in [3.63, 3.8) is 0 Å². The van der Waals surface area contributed by atoms with Crippen molar-refractivity contribution in [1.82, 2.24) is 19.7 Å². The van der Waals surface area contributed by atoms with Crippen LogP contribution in [0, 0.1) is 0 Å². The molecule has 0 fully saturated rings. The highest BCUT2D eigenvalue weighted by Crippen LogP contribution is 2.28. The third-order valence-corrected chi connectivity index (χ3v) is 5.94. The Kier molecular flexibility index (Phi) is 7.32. The number of aromatic nitrogens is 4. The third kappa shape index (κ3) is 5.51. The monoisotopic (exact) mass is 452 g/mol. The summed E-state index contributed by atoms with van der Waals surface area (Å²) in [5, 5.41) is 20.5. The first kappa shape index (κ1) is 21.5. The largest absolute Gasteiger partial charge is 0.390 e. The first-order valence-electron chi connectivity index (χ1n) is 9.75. The fourth-order valence-corrected chi connectivity index (χ4v) is 4.04. The van der Waals surface area contributed by atoms with Gasteiger partial charge in [0.15, 0.2) is 11.0 Å². The molecular formula is C23H21ClN4O2S. The van der Waals surface area contributed by atoms with Crippen molar-refractivity contribution in [2.45, 2.75) is 17.9 Å². The zero-order chi connectivity index (χ0) is 21.5. The van der Waals surface area contributed by atoms with Crippen molar-refractivity contribution in [3.8, 4) is 17.1 Å². The normalized spacial score (nSPS) is 12.1. The van der Waals surface area contributed by atoms with Crippen LogP contribution < -0.4 is 0 Å². The maximum Gasteiger partial charge on any atom is 0.196 e. The summed E-state index contributed by atoms with van der Waals surface area (Å²) in [6, 6.07) is 21.2. The second-order valence-electron chi connectivity index (χ2n) is 6.79. The molecule has 0 spiro atoms. The van der Waals surface area contributed by atoms with Crippen LogP contribution in [0.4, 0.5) is 0 Å². The van der Waals surface area contributed by atoms with Gasteiger partial charge in [0.2, 0.25) is 0 Å². The second-order valence-corrected chi connectivity index (χ2v) is 8.18. The van der Waals surface area contributed by atoms with Crippen LogP contribution in [0.15, 0.2) is 84.3 Å². The van der Waals surface area contributed by atoms with E-state index in [9.17, 15) is 5.11 Å². The molecule has 1 atom stereocenters. The van der Waals surface area contributed by atoms with Crippen molar-refractivity contribution in [2.75, 3.05) is 12.4 Å². The number of para-hydroxylation sites is 1. The molecule has 0 amide bonds. The van der Waals surface area contributed by atoms with Crippen LogP contribution in [0.5, 0.6) is 0 Å². The number of ether oxygens (including phenoxy) is 1. The number of nitrogens with zero attached hydrogens (tertiary/aromatic N) is 4. The lowest BCUT2D eigenvalue weighted by Crippen LogP contribution is -2.18. The van der Waals surface area contributed by atoms with E-state index in [0.717, 1.165) is 16.8 Å². The molecule has 2 aromatic carbocycles. The van der Waals surface area contributed by atoms with Crippen LogP contribution in [-0.4, -0.2) is 43.3 Å². The molecular weight excluding hydrogens is 432 g/mol. The Balaban J connectivity index is 1.43. The predicted octanol–water partition coefficient (Wildman–Crippen LogP) is 4.65. The van der Waals surface area contributed by atoms with Gasteiger partial charge >= 0.3 is 0 Å². The summed E-state index contributed by atoms with van der Waals surface area (Å²) >= 11 is 7.57. The molecule has 1 N–H and O–H groups in total. The Hall–Kier alpha value is -2.71. The summed E-state index contributed by atoms with van der Waals surface area (Å²) in [6.45, 7) is 0.555. The Bertz CT molecular complexity index is 1110. The molecule has 0 bridgehead atoms. The number of aliphatic hydroxyl groups is 1. The van der Waals surface area contributed by atoms with Gasteiger partial charge in [-0.25, -0.2) is 0 Å². The molecule has 2 aromatic heterocycles. The van der Waals surface area contributed by atoms with Crippen molar-refractivity contribution >= 4 is 23.4 Å². The van der Waals surface area contributed by atoms with E-state index in [4.69, 9.17) is 16.3 Å². The first-order valence-corrected chi connectivity index (χ1v) is 11.1. The molecule has 4 rings (SSSR count). The highest BCUT2D eigenvalue weighted by molar-refractivity contribution is 7.99. The van der Waals surface area contributed by atoms with Gasteiger partial charge in [-0.2, -0.15) is 0 Å². The van der Waals surface area contributed by atoms with Crippen LogP contribution >= 0.6 is 23.4 Å². The fourth-order valence-electron chi connectivity index (χ4n) is 2.99. The quantitative estimate of drug-likeness (QED) is 0.372. The van der Waals surface area contributed by atoms with Gasteiger partial charge < -0.3 is 9.84 Å². The van der Waals surface area contributed by atoms with E-state index in [2.05, 4.69) is 15.2 Å². The number of benzene rings is 2. The number of aliphatic hydroxyl groups excluding tert-OH is 1. The topological polar surface area (TPSA) is 73.1 Å². The Labute approximate surface area is 189 Å². The zero-order valence-corrected chi connectivity index (χ0v) is 18.2.